The van der Waals surface area contributed by atoms with Gasteiger partial charge in [0.25, 0.3) is 5.91 Å². The number of likely N-dealkylation sites (tertiary alicyclic amines) is 1. The van der Waals surface area contributed by atoms with E-state index in [1.54, 1.807) is 30.1 Å². The molecular weight excluding hydrogens is 396 g/mol. The van der Waals surface area contributed by atoms with E-state index in [9.17, 15) is 22.4 Å². The molecule has 0 aromatic heterocycles. The Morgan fingerprint density at radius 3 is 2.67 bits per heavy atom. The Balaban J connectivity index is 1.53. The lowest BCUT2D eigenvalue weighted by Crippen LogP contribution is -2.42. The molecule has 1 aliphatic heterocycles. The molecule has 0 aliphatic carbocycles. The summed E-state index contributed by atoms with van der Waals surface area (Å²) in [6.45, 7) is 2.85. The zero-order valence-corrected chi connectivity index (χ0v) is 17.0. The number of halogens is 4. The molecule has 1 saturated heterocycles. The summed E-state index contributed by atoms with van der Waals surface area (Å²) >= 11 is 0. The third kappa shape index (κ3) is 5.81. The first-order chi connectivity index (χ1) is 14.2. The molecule has 3 nitrogen and oxygen atoms in total. The topological polar surface area (TPSA) is 23.6 Å². The summed E-state index contributed by atoms with van der Waals surface area (Å²) in [5.41, 5.74) is 0.112. The van der Waals surface area contributed by atoms with Crippen LogP contribution in [0.15, 0.2) is 48.5 Å². The van der Waals surface area contributed by atoms with Gasteiger partial charge in [0, 0.05) is 26.7 Å². The molecule has 7 heteroatoms. The minimum atomic E-state index is -4.33. The summed E-state index contributed by atoms with van der Waals surface area (Å²) in [7, 11) is 1.68. The smallest absolute Gasteiger partial charge is 0.341 e. The Bertz CT molecular complexity index is 868. The molecule has 2 aromatic carbocycles. The molecule has 0 bridgehead atoms. The Kier molecular flexibility index (Phi) is 7.13. The van der Waals surface area contributed by atoms with Gasteiger partial charge in [-0.1, -0.05) is 30.3 Å². The number of carbonyl (C=O) groups excluding carboxylic acids is 1. The second kappa shape index (κ2) is 9.60. The van der Waals surface area contributed by atoms with Crippen LogP contribution < -0.4 is 0 Å². The molecule has 1 atom stereocenters. The van der Waals surface area contributed by atoms with Crippen molar-refractivity contribution in [1.82, 2.24) is 9.80 Å². The van der Waals surface area contributed by atoms with Crippen LogP contribution in [0.5, 0.6) is 0 Å². The number of nitrogens with zero attached hydrogens (tertiary/aromatic N) is 2. The van der Waals surface area contributed by atoms with E-state index in [1.165, 1.54) is 24.3 Å². The van der Waals surface area contributed by atoms with E-state index in [0.717, 1.165) is 32.0 Å². The molecule has 1 fully saturated rings. The van der Waals surface area contributed by atoms with Crippen LogP contribution in [0.4, 0.5) is 17.6 Å². The highest BCUT2D eigenvalue weighted by molar-refractivity contribution is 5.94. The van der Waals surface area contributed by atoms with Gasteiger partial charge in [0.15, 0.2) is 0 Å². The van der Waals surface area contributed by atoms with Crippen LogP contribution in [0.1, 0.15) is 34.3 Å². The number of hydrogen-bond acceptors (Lipinski definition) is 2. The lowest BCUT2D eigenvalue weighted by Gasteiger charge is -2.34. The van der Waals surface area contributed by atoms with E-state index in [0.29, 0.717) is 25.1 Å². The molecule has 0 radical (unpaired) electrons. The van der Waals surface area contributed by atoms with Gasteiger partial charge in [-0.25, -0.2) is 4.39 Å². The molecule has 2 aromatic rings. The summed E-state index contributed by atoms with van der Waals surface area (Å²) in [4.78, 5) is 16.3. The molecule has 1 unspecified atom stereocenters. The number of rotatable bonds is 6. The van der Waals surface area contributed by atoms with E-state index < -0.39 is 17.6 Å². The Hall–Kier alpha value is -2.41. The molecule has 0 N–H and O–H groups in total. The van der Waals surface area contributed by atoms with Crippen molar-refractivity contribution in [3.05, 3.63) is 71.0 Å². The maximum absolute atomic E-state index is 13.9. The van der Waals surface area contributed by atoms with Crippen molar-refractivity contribution in [1.29, 1.82) is 0 Å². The van der Waals surface area contributed by atoms with Crippen LogP contribution >= 0.6 is 0 Å². The minimum Gasteiger partial charge on any atom is -0.341 e. The quantitative estimate of drug-likeness (QED) is 0.620. The number of piperidine rings is 1. The lowest BCUT2D eigenvalue weighted by atomic mass is 9.96. The maximum Gasteiger partial charge on any atom is 0.416 e. The van der Waals surface area contributed by atoms with Gasteiger partial charge >= 0.3 is 6.18 Å². The zero-order chi connectivity index (χ0) is 21.7. The van der Waals surface area contributed by atoms with Crippen molar-refractivity contribution in [3.63, 3.8) is 0 Å². The Labute approximate surface area is 174 Å². The molecule has 162 valence electrons. The highest BCUT2D eigenvalue weighted by atomic mass is 19.4. The van der Waals surface area contributed by atoms with Crippen LogP contribution in [0, 0.1) is 11.7 Å². The number of benzene rings is 2. The van der Waals surface area contributed by atoms with E-state index in [2.05, 4.69) is 4.90 Å². The van der Waals surface area contributed by atoms with E-state index in [-0.39, 0.29) is 17.4 Å². The third-order valence-electron chi connectivity index (χ3n) is 5.56. The van der Waals surface area contributed by atoms with Crippen molar-refractivity contribution in [3.8, 4) is 0 Å². The van der Waals surface area contributed by atoms with Gasteiger partial charge < -0.3 is 9.80 Å². The van der Waals surface area contributed by atoms with Crippen LogP contribution in [0.3, 0.4) is 0 Å². The second-order valence-corrected chi connectivity index (χ2v) is 7.92. The van der Waals surface area contributed by atoms with Gasteiger partial charge in [-0.2, -0.15) is 13.2 Å². The summed E-state index contributed by atoms with van der Waals surface area (Å²) in [6, 6.07) is 11.4. The van der Waals surface area contributed by atoms with Crippen molar-refractivity contribution in [2.75, 3.05) is 33.2 Å². The van der Waals surface area contributed by atoms with Crippen molar-refractivity contribution < 1.29 is 22.4 Å². The molecule has 30 heavy (non-hydrogen) atoms. The Morgan fingerprint density at radius 1 is 1.17 bits per heavy atom. The first-order valence-electron chi connectivity index (χ1n) is 10.1. The fraction of sp³-hybridized carbons (Fsp3) is 0.435. The van der Waals surface area contributed by atoms with E-state index in [4.69, 9.17) is 0 Å². The average molecular weight is 422 g/mol. The zero-order valence-electron chi connectivity index (χ0n) is 17.0. The summed E-state index contributed by atoms with van der Waals surface area (Å²) < 4.78 is 52.5. The molecule has 0 saturated carbocycles. The number of hydrogen-bond donors (Lipinski definition) is 0. The van der Waals surface area contributed by atoms with Gasteiger partial charge in [0.05, 0.1) is 11.1 Å². The average Bonchev–Trinajstić information content (AvgIpc) is 2.72. The molecule has 1 amide bonds. The number of carbonyl (C=O) groups is 1. The van der Waals surface area contributed by atoms with Crippen LogP contribution in [-0.4, -0.2) is 48.9 Å². The predicted molar refractivity (Wildman–Crippen MR) is 108 cm³/mol. The normalized spacial score (nSPS) is 17.7. The maximum atomic E-state index is 13.9. The SMILES string of the molecule is CN(CC1CCCN(CCc2cccc(C(F)(F)F)c2)C1)C(=O)c1ccccc1F. The second-order valence-electron chi connectivity index (χ2n) is 7.92. The van der Waals surface area contributed by atoms with Gasteiger partial charge in [-0.05, 0) is 55.5 Å². The molecule has 3 rings (SSSR count). The van der Waals surface area contributed by atoms with Gasteiger partial charge in [-0.15, -0.1) is 0 Å². The number of alkyl halides is 3. The monoisotopic (exact) mass is 422 g/mol. The van der Waals surface area contributed by atoms with Crippen molar-refractivity contribution in [2.45, 2.75) is 25.4 Å². The van der Waals surface area contributed by atoms with Crippen LogP contribution in [-0.2, 0) is 12.6 Å². The standard InChI is InChI=1S/C23H26F4N2O/c1-28(22(30)20-9-2-3-10-21(20)24)15-18-7-5-12-29(16-18)13-11-17-6-4-8-19(14-17)23(25,26)27/h2-4,6,8-10,14,18H,5,7,11-13,15-16H2,1H3. The first kappa shape index (κ1) is 22.3. The van der Waals surface area contributed by atoms with Crippen LogP contribution in [0.2, 0.25) is 0 Å². The first-order valence-corrected chi connectivity index (χ1v) is 10.1. The van der Waals surface area contributed by atoms with Crippen molar-refractivity contribution in [2.24, 2.45) is 5.92 Å². The van der Waals surface area contributed by atoms with Gasteiger partial charge in [0.1, 0.15) is 5.82 Å². The van der Waals surface area contributed by atoms with E-state index in [1.807, 2.05) is 0 Å². The van der Waals surface area contributed by atoms with Crippen LogP contribution in [0.25, 0.3) is 0 Å². The minimum absolute atomic E-state index is 0.0669. The summed E-state index contributed by atoms with van der Waals surface area (Å²) in [5, 5.41) is 0. The highest BCUT2D eigenvalue weighted by Gasteiger charge is 2.30. The van der Waals surface area contributed by atoms with Crippen molar-refractivity contribution >= 4 is 5.91 Å². The van der Waals surface area contributed by atoms with Gasteiger partial charge in [0.2, 0.25) is 0 Å². The molecule has 0 spiro atoms. The fourth-order valence-corrected chi connectivity index (χ4v) is 4.00. The molecule has 1 aliphatic rings. The number of amides is 1. The molecule has 1 heterocycles. The van der Waals surface area contributed by atoms with Gasteiger partial charge in [-0.3, -0.25) is 4.79 Å². The predicted octanol–water partition coefficient (Wildman–Crippen LogP) is 4.87. The lowest BCUT2D eigenvalue weighted by molar-refractivity contribution is -0.137. The summed E-state index contributed by atoms with van der Waals surface area (Å²) in [6.07, 6.45) is -1.86. The molecular formula is C23H26F4N2O. The Morgan fingerprint density at radius 2 is 1.93 bits per heavy atom. The fourth-order valence-electron chi connectivity index (χ4n) is 4.00. The van der Waals surface area contributed by atoms with E-state index >= 15 is 0 Å². The largest absolute Gasteiger partial charge is 0.416 e. The third-order valence-corrected chi connectivity index (χ3v) is 5.56. The summed E-state index contributed by atoms with van der Waals surface area (Å²) in [5.74, 6) is -0.615. The highest BCUT2D eigenvalue weighted by Crippen LogP contribution is 2.29.